The van der Waals surface area contributed by atoms with Crippen molar-refractivity contribution >= 4 is 43.4 Å². The zero-order valence-corrected chi connectivity index (χ0v) is 35.8. The van der Waals surface area contributed by atoms with Gasteiger partial charge in [0.15, 0.2) is 0 Å². The summed E-state index contributed by atoms with van der Waals surface area (Å²) >= 11 is 5.16. The van der Waals surface area contributed by atoms with Crippen LogP contribution in [0.1, 0.15) is 71.8 Å². The van der Waals surface area contributed by atoms with Crippen LogP contribution in [0.4, 0.5) is 5.82 Å². The molecule has 2 saturated heterocycles. The van der Waals surface area contributed by atoms with E-state index in [9.17, 15) is 9.59 Å². The molecular formula is C44H46N3O8PSSe. The van der Waals surface area contributed by atoms with Crippen LogP contribution in [0.2, 0.25) is 0 Å². The van der Waals surface area contributed by atoms with Gasteiger partial charge in [0.2, 0.25) is 0 Å². The third kappa shape index (κ3) is 8.64. The summed E-state index contributed by atoms with van der Waals surface area (Å²) in [5.74, 6) is 1.23. The molecule has 3 aliphatic rings. The summed E-state index contributed by atoms with van der Waals surface area (Å²) in [7, 11) is 3.29. The Morgan fingerprint density at radius 3 is 2.09 bits per heavy atom. The fraction of sp³-hybridized carbons (Fsp3) is 0.341. The van der Waals surface area contributed by atoms with Crippen LogP contribution < -0.4 is 20.5 Å². The molecule has 1 saturated carbocycles. The predicted octanol–water partition coefficient (Wildman–Crippen LogP) is 8.51. The summed E-state index contributed by atoms with van der Waals surface area (Å²) in [6.45, 7) is 0.736. The molecule has 1 unspecified atom stereocenters. The quantitative estimate of drug-likeness (QED) is 0.0701. The van der Waals surface area contributed by atoms with E-state index in [1.807, 2.05) is 84.2 Å². The first-order valence-corrected chi connectivity index (χ1v) is 24.7. The molecule has 4 atom stereocenters. The summed E-state index contributed by atoms with van der Waals surface area (Å²) in [4.78, 5) is 30.7. The van der Waals surface area contributed by atoms with Crippen LogP contribution in [-0.2, 0) is 24.1 Å². The molecule has 14 heteroatoms. The monoisotopic (exact) mass is 887 g/mol. The summed E-state index contributed by atoms with van der Waals surface area (Å²) in [6, 6.07) is 36.2. The zero-order chi connectivity index (χ0) is 40.2. The molecule has 1 aliphatic carbocycles. The van der Waals surface area contributed by atoms with Crippen molar-refractivity contribution < 1.29 is 32.8 Å². The Hall–Kier alpha value is -4.03. The molecular weight excluding hydrogens is 840 g/mol. The SMILES string of the molecule is COc1ccc(C(OC[C@H]2O[C@@H](n3ccc(NC(=O)c4ccccc4)nc3=O)C[C@@H]2OP2(=[Se])OCC3(CCCCC3)S2)(c2ccccc2)c2ccc(OC)cc2)cc1. The first-order chi connectivity index (χ1) is 28.2. The van der Waals surface area contributed by atoms with Gasteiger partial charge in [-0.05, 0) is 12.1 Å². The van der Waals surface area contributed by atoms with Crippen molar-refractivity contribution in [1.82, 2.24) is 9.55 Å². The van der Waals surface area contributed by atoms with Crippen LogP contribution in [-0.4, -0.2) is 74.9 Å². The van der Waals surface area contributed by atoms with Crippen molar-refractivity contribution in [2.45, 2.75) is 67.3 Å². The number of ether oxygens (including phenoxy) is 4. The third-order valence-corrected chi connectivity index (χ3v) is 18.2. The summed E-state index contributed by atoms with van der Waals surface area (Å²) in [5.41, 5.74) is 1.47. The van der Waals surface area contributed by atoms with Gasteiger partial charge in [-0.25, -0.2) is 0 Å². The molecule has 302 valence electrons. The number of hydrogen-bond donors (Lipinski definition) is 1. The molecule has 1 spiro atoms. The van der Waals surface area contributed by atoms with Crippen molar-refractivity contribution in [1.29, 1.82) is 0 Å². The van der Waals surface area contributed by atoms with Crippen molar-refractivity contribution in [2.75, 3.05) is 32.8 Å². The van der Waals surface area contributed by atoms with Gasteiger partial charge in [-0.15, -0.1) is 0 Å². The zero-order valence-electron chi connectivity index (χ0n) is 32.4. The third-order valence-electron chi connectivity index (χ3n) is 11.1. The number of methoxy groups -OCH3 is 2. The minimum absolute atomic E-state index is 0.0359. The first kappa shape index (κ1) is 40.7. The first-order valence-electron chi connectivity index (χ1n) is 19.4. The van der Waals surface area contributed by atoms with E-state index in [2.05, 4.69) is 37.5 Å². The van der Waals surface area contributed by atoms with E-state index in [1.165, 1.54) is 23.8 Å². The Balaban J connectivity index is 1.13. The van der Waals surface area contributed by atoms with E-state index < -0.39 is 34.9 Å². The Kier molecular flexibility index (Phi) is 12.4. The van der Waals surface area contributed by atoms with Gasteiger partial charge in [0.25, 0.3) is 0 Å². The number of rotatable bonds is 13. The molecule has 0 radical (unpaired) electrons. The van der Waals surface area contributed by atoms with Crippen molar-refractivity contribution in [3.05, 3.63) is 154 Å². The van der Waals surface area contributed by atoms with Crippen molar-refractivity contribution in [3.8, 4) is 11.5 Å². The number of benzene rings is 4. The summed E-state index contributed by atoms with van der Waals surface area (Å²) in [6.07, 6.45) is 5.88. The maximum absolute atomic E-state index is 13.6. The van der Waals surface area contributed by atoms with E-state index in [4.69, 9.17) is 28.0 Å². The predicted molar refractivity (Wildman–Crippen MR) is 227 cm³/mol. The van der Waals surface area contributed by atoms with Gasteiger partial charge < -0.3 is 0 Å². The number of hydrogen-bond acceptors (Lipinski definition) is 10. The number of nitrogens with zero attached hydrogens (tertiary/aromatic N) is 2. The second kappa shape index (κ2) is 17.7. The number of aromatic nitrogens is 2. The van der Waals surface area contributed by atoms with Gasteiger partial charge in [0.05, 0.1) is 14.2 Å². The number of carbonyl (C=O) groups excluding carboxylic acids is 1. The van der Waals surface area contributed by atoms with Gasteiger partial charge in [0, 0.05) is 0 Å². The molecule has 1 aromatic heterocycles. The van der Waals surface area contributed by atoms with Crippen LogP contribution in [0.5, 0.6) is 11.5 Å². The van der Waals surface area contributed by atoms with Crippen molar-refractivity contribution in [2.24, 2.45) is 0 Å². The second-order valence-electron chi connectivity index (χ2n) is 14.7. The van der Waals surface area contributed by atoms with Crippen molar-refractivity contribution in [3.63, 3.8) is 0 Å². The normalized spacial score (nSPS) is 22.8. The molecule has 8 rings (SSSR count). The Bertz CT molecular complexity index is 2240. The topological polar surface area (TPSA) is 119 Å². The maximum atomic E-state index is 13.6. The molecule has 4 aromatic carbocycles. The number of carbonyl (C=O) groups is 1. The Morgan fingerprint density at radius 1 is 0.879 bits per heavy atom. The molecule has 3 heterocycles. The van der Waals surface area contributed by atoms with Crippen LogP contribution in [0.3, 0.4) is 0 Å². The summed E-state index contributed by atoms with van der Waals surface area (Å²) in [5, 5.41) is 0.228. The molecule has 1 N–H and O–H groups in total. The van der Waals surface area contributed by atoms with Crippen LogP contribution in [0.25, 0.3) is 0 Å². The van der Waals surface area contributed by atoms with E-state index in [0.29, 0.717) is 18.6 Å². The van der Waals surface area contributed by atoms with Gasteiger partial charge >= 0.3 is 307 Å². The molecule has 5 aromatic rings. The number of amides is 1. The van der Waals surface area contributed by atoms with Gasteiger partial charge in [0.1, 0.15) is 0 Å². The molecule has 3 fully saturated rings. The van der Waals surface area contributed by atoms with Crippen LogP contribution in [0, 0.1) is 0 Å². The van der Waals surface area contributed by atoms with Gasteiger partial charge in [-0.3, -0.25) is 0 Å². The Labute approximate surface area is 349 Å². The molecule has 58 heavy (non-hydrogen) atoms. The average Bonchev–Trinajstić information content (AvgIpc) is 3.80. The number of anilines is 1. The van der Waals surface area contributed by atoms with Crippen LogP contribution in [0.15, 0.2) is 126 Å². The molecule has 1 amide bonds. The van der Waals surface area contributed by atoms with Gasteiger partial charge in [-0.2, -0.15) is 0 Å². The average molecular weight is 887 g/mol. The Morgan fingerprint density at radius 2 is 1.48 bits per heavy atom. The second-order valence-corrected chi connectivity index (χ2v) is 23.7. The fourth-order valence-electron chi connectivity index (χ4n) is 8.03. The standard InChI is InChI=1S/C44H46N3O8PSSe/c1-50-35-20-16-33(17-21-35)44(32-14-8-4-9-15-32,34-18-22-36(51-2)23-19-34)52-29-38-37(55-56(58)53-30-43(57-56)25-10-5-11-26-43)28-40(54-38)47-27-24-39(46-42(47)49)45-41(48)31-12-6-3-7-13-31/h3-4,6-9,12-24,27,37-38,40H,5,10-11,25-26,28-30H2,1-2H3,(H,45,46,48,49)/t37-,38+,40+,56?/m0/s1. The van der Waals surface area contributed by atoms with E-state index in [1.54, 1.807) is 50.7 Å². The molecule has 2 aliphatic heterocycles. The summed E-state index contributed by atoms with van der Waals surface area (Å²) < 4.78 is 40.2. The van der Waals surface area contributed by atoms with Gasteiger partial charge in [-0.1, -0.05) is 18.2 Å². The minimum atomic E-state index is -2.50. The van der Waals surface area contributed by atoms with E-state index in [0.717, 1.165) is 41.0 Å². The van der Waals surface area contributed by atoms with E-state index in [-0.39, 0.29) is 23.1 Å². The molecule has 0 bridgehead atoms. The van der Waals surface area contributed by atoms with Crippen LogP contribution >= 0.6 is 16.5 Å². The fourth-order valence-corrected chi connectivity index (χ4v) is 17.2. The molecule has 11 nitrogen and oxygen atoms in total. The number of nitrogens with one attached hydrogen (secondary N) is 1. The van der Waals surface area contributed by atoms with E-state index >= 15 is 0 Å².